The summed E-state index contributed by atoms with van der Waals surface area (Å²) in [5.74, 6) is -0.505. The Labute approximate surface area is 124 Å². The molecule has 0 saturated carbocycles. The van der Waals surface area contributed by atoms with Gasteiger partial charge in [-0.2, -0.15) is 17.8 Å². The minimum absolute atomic E-state index is 0.136. The molecule has 0 radical (unpaired) electrons. The average Bonchev–Trinajstić information content (AvgIpc) is 2.84. The van der Waals surface area contributed by atoms with E-state index in [0.29, 0.717) is 26.0 Å². The molecule has 9 heteroatoms. The molecule has 1 fully saturated rings. The Kier molecular flexibility index (Phi) is 4.84. The van der Waals surface area contributed by atoms with E-state index in [-0.39, 0.29) is 18.3 Å². The number of carbonyl (C=O) groups excluding carboxylic acids is 1. The van der Waals surface area contributed by atoms with Crippen molar-refractivity contribution in [3.05, 3.63) is 11.8 Å². The third kappa shape index (κ3) is 3.94. The summed E-state index contributed by atoms with van der Waals surface area (Å²) in [4.78, 5) is 11.8. The fourth-order valence-electron chi connectivity index (χ4n) is 2.28. The van der Waals surface area contributed by atoms with Gasteiger partial charge in [0.15, 0.2) is 5.82 Å². The lowest BCUT2D eigenvalue weighted by Crippen LogP contribution is -2.45. The second kappa shape index (κ2) is 6.44. The van der Waals surface area contributed by atoms with Crippen molar-refractivity contribution in [3.63, 3.8) is 0 Å². The molecule has 0 aliphatic carbocycles. The molecule has 2 heterocycles. The lowest BCUT2D eigenvalue weighted by molar-refractivity contribution is -0.149. The Morgan fingerprint density at radius 3 is 3.00 bits per heavy atom. The number of esters is 1. The second-order valence-electron chi connectivity index (χ2n) is 4.99. The number of H-pyrrole nitrogens is 1. The predicted molar refractivity (Wildman–Crippen MR) is 76.8 cm³/mol. The maximum Gasteiger partial charge on any atom is 0.310 e. The maximum atomic E-state index is 12.3. The molecule has 1 aromatic rings. The number of aryl methyl sites for hydroxylation is 1. The molecule has 21 heavy (non-hydrogen) atoms. The number of ether oxygens (including phenoxy) is 1. The fraction of sp³-hybridized carbons (Fsp3) is 0.667. The van der Waals surface area contributed by atoms with Gasteiger partial charge in [0.2, 0.25) is 0 Å². The quantitative estimate of drug-likeness (QED) is 0.776. The Bertz CT molecular complexity index is 598. The Balaban J connectivity index is 2.04. The molecule has 1 aromatic heterocycles. The van der Waals surface area contributed by atoms with Crippen molar-refractivity contribution < 1.29 is 17.9 Å². The van der Waals surface area contributed by atoms with Crippen LogP contribution in [0.4, 0.5) is 5.82 Å². The van der Waals surface area contributed by atoms with E-state index in [1.807, 2.05) is 0 Å². The SMILES string of the molecule is CCOC(=O)C1CCCN(S(=O)(=O)Nc2cc(C)[nH]n2)C1. The minimum atomic E-state index is -3.71. The highest BCUT2D eigenvalue weighted by Crippen LogP contribution is 2.21. The molecule has 2 rings (SSSR count). The molecule has 0 bridgehead atoms. The number of hydrogen-bond acceptors (Lipinski definition) is 5. The van der Waals surface area contributed by atoms with Crippen LogP contribution >= 0.6 is 0 Å². The highest BCUT2D eigenvalue weighted by molar-refractivity contribution is 7.90. The van der Waals surface area contributed by atoms with Crippen LogP contribution < -0.4 is 4.72 Å². The van der Waals surface area contributed by atoms with Crippen molar-refractivity contribution in [2.24, 2.45) is 5.92 Å². The van der Waals surface area contributed by atoms with E-state index < -0.39 is 16.1 Å². The molecular weight excluding hydrogens is 296 g/mol. The summed E-state index contributed by atoms with van der Waals surface area (Å²) in [5, 5.41) is 6.51. The van der Waals surface area contributed by atoms with Gasteiger partial charge in [-0.05, 0) is 26.7 Å². The van der Waals surface area contributed by atoms with Crippen molar-refractivity contribution in [1.29, 1.82) is 0 Å². The van der Waals surface area contributed by atoms with Crippen LogP contribution in [0.5, 0.6) is 0 Å². The van der Waals surface area contributed by atoms with Crippen LogP contribution in [-0.2, 0) is 19.7 Å². The van der Waals surface area contributed by atoms with E-state index in [9.17, 15) is 13.2 Å². The molecule has 1 saturated heterocycles. The number of rotatable bonds is 5. The van der Waals surface area contributed by atoms with Gasteiger partial charge in [-0.1, -0.05) is 0 Å². The molecule has 2 N–H and O–H groups in total. The van der Waals surface area contributed by atoms with Gasteiger partial charge in [-0.3, -0.25) is 14.6 Å². The molecule has 1 atom stereocenters. The van der Waals surface area contributed by atoms with Crippen LogP contribution in [0.25, 0.3) is 0 Å². The van der Waals surface area contributed by atoms with Gasteiger partial charge < -0.3 is 4.74 Å². The summed E-state index contributed by atoms with van der Waals surface area (Å²) in [6.07, 6.45) is 1.27. The topological polar surface area (TPSA) is 104 Å². The normalized spacial score (nSPS) is 20.2. The number of hydrogen-bond donors (Lipinski definition) is 2. The summed E-state index contributed by atoms with van der Waals surface area (Å²) in [5.41, 5.74) is 0.760. The smallest absolute Gasteiger partial charge is 0.310 e. The Morgan fingerprint density at radius 1 is 1.62 bits per heavy atom. The van der Waals surface area contributed by atoms with Crippen molar-refractivity contribution in [2.45, 2.75) is 26.7 Å². The highest BCUT2D eigenvalue weighted by atomic mass is 32.2. The number of nitrogens with one attached hydrogen (secondary N) is 2. The third-order valence-corrected chi connectivity index (χ3v) is 4.76. The average molecular weight is 316 g/mol. The van der Waals surface area contributed by atoms with Crippen LogP contribution in [0.3, 0.4) is 0 Å². The van der Waals surface area contributed by atoms with E-state index >= 15 is 0 Å². The number of piperidine rings is 1. The molecule has 1 aliphatic heterocycles. The molecule has 0 aromatic carbocycles. The first-order valence-corrected chi connectivity index (χ1v) is 8.33. The standard InChI is InChI=1S/C12H20N4O4S/c1-3-20-12(17)10-5-4-6-16(8-10)21(18,19)15-11-7-9(2)13-14-11/h7,10H,3-6,8H2,1-2H3,(H2,13,14,15). The van der Waals surface area contributed by atoms with E-state index in [2.05, 4.69) is 14.9 Å². The van der Waals surface area contributed by atoms with Crippen LogP contribution in [0.2, 0.25) is 0 Å². The van der Waals surface area contributed by atoms with Crippen molar-refractivity contribution in [2.75, 3.05) is 24.4 Å². The largest absolute Gasteiger partial charge is 0.466 e. The summed E-state index contributed by atoms with van der Waals surface area (Å²) in [6.45, 7) is 4.33. The summed E-state index contributed by atoms with van der Waals surface area (Å²) in [6, 6.07) is 1.60. The predicted octanol–water partition coefficient (Wildman–Crippen LogP) is 0.650. The number of anilines is 1. The molecular formula is C12H20N4O4S. The van der Waals surface area contributed by atoms with E-state index in [0.717, 1.165) is 5.69 Å². The number of aromatic nitrogens is 2. The zero-order chi connectivity index (χ0) is 15.5. The summed E-state index contributed by atoms with van der Waals surface area (Å²) >= 11 is 0. The molecule has 0 amide bonds. The molecule has 8 nitrogen and oxygen atoms in total. The van der Waals surface area contributed by atoms with Crippen molar-refractivity contribution >= 4 is 22.0 Å². The van der Waals surface area contributed by atoms with Gasteiger partial charge in [-0.15, -0.1) is 0 Å². The first kappa shape index (κ1) is 15.8. The molecule has 0 spiro atoms. The third-order valence-electron chi connectivity index (χ3n) is 3.28. The van der Waals surface area contributed by atoms with Crippen LogP contribution in [0.15, 0.2) is 6.07 Å². The molecule has 1 aliphatic rings. The van der Waals surface area contributed by atoms with Gasteiger partial charge in [-0.25, -0.2) is 0 Å². The fourth-order valence-corrected chi connectivity index (χ4v) is 3.52. The van der Waals surface area contributed by atoms with Gasteiger partial charge in [0.05, 0.1) is 12.5 Å². The zero-order valence-electron chi connectivity index (χ0n) is 12.1. The van der Waals surface area contributed by atoms with Gasteiger partial charge in [0, 0.05) is 24.8 Å². The van der Waals surface area contributed by atoms with Gasteiger partial charge in [0.25, 0.3) is 0 Å². The zero-order valence-corrected chi connectivity index (χ0v) is 12.9. The first-order valence-electron chi connectivity index (χ1n) is 6.89. The highest BCUT2D eigenvalue weighted by Gasteiger charge is 2.33. The Hall–Kier alpha value is -1.61. The number of aromatic amines is 1. The second-order valence-corrected chi connectivity index (χ2v) is 6.66. The van der Waals surface area contributed by atoms with Crippen LogP contribution in [-0.4, -0.2) is 48.6 Å². The minimum Gasteiger partial charge on any atom is -0.466 e. The molecule has 118 valence electrons. The lowest BCUT2D eigenvalue weighted by atomic mass is 10.0. The number of carbonyl (C=O) groups is 1. The summed E-state index contributed by atoms with van der Waals surface area (Å²) in [7, 11) is -3.71. The van der Waals surface area contributed by atoms with Crippen LogP contribution in [0.1, 0.15) is 25.5 Å². The van der Waals surface area contributed by atoms with Crippen LogP contribution in [0, 0.1) is 12.8 Å². The first-order chi connectivity index (χ1) is 9.92. The van der Waals surface area contributed by atoms with Gasteiger partial charge in [0.1, 0.15) is 0 Å². The van der Waals surface area contributed by atoms with E-state index in [1.54, 1.807) is 19.9 Å². The van der Waals surface area contributed by atoms with E-state index in [4.69, 9.17) is 4.74 Å². The van der Waals surface area contributed by atoms with Crippen molar-refractivity contribution in [3.8, 4) is 0 Å². The Morgan fingerprint density at radius 2 is 2.38 bits per heavy atom. The van der Waals surface area contributed by atoms with Crippen molar-refractivity contribution in [1.82, 2.24) is 14.5 Å². The number of nitrogens with zero attached hydrogens (tertiary/aromatic N) is 2. The lowest BCUT2D eigenvalue weighted by Gasteiger charge is -2.30. The maximum absolute atomic E-state index is 12.3. The van der Waals surface area contributed by atoms with E-state index in [1.165, 1.54) is 4.31 Å². The molecule has 1 unspecified atom stereocenters. The van der Waals surface area contributed by atoms with Gasteiger partial charge >= 0.3 is 16.2 Å². The summed E-state index contributed by atoms with van der Waals surface area (Å²) < 4.78 is 33.2. The monoisotopic (exact) mass is 316 g/mol.